The summed E-state index contributed by atoms with van der Waals surface area (Å²) >= 11 is 0. The maximum Gasteiger partial charge on any atom is 0.254 e. The molecule has 1 aliphatic heterocycles. The molecule has 0 fully saturated rings. The Morgan fingerprint density at radius 2 is 1.75 bits per heavy atom. The van der Waals surface area contributed by atoms with Gasteiger partial charge in [-0.3, -0.25) is 9.59 Å². The molecule has 0 saturated carbocycles. The molecular formula is C29H29N3O4. The first-order chi connectivity index (χ1) is 17.5. The maximum atomic E-state index is 14.1. The van der Waals surface area contributed by atoms with Gasteiger partial charge in [-0.15, -0.1) is 0 Å². The Morgan fingerprint density at radius 3 is 2.56 bits per heavy atom. The smallest absolute Gasteiger partial charge is 0.254 e. The zero-order valence-corrected chi connectivity index (χ0v) is 20.6. The Morgan fingerprint density at radius 1 is 0.972 bits per heavy atom. The third-order valence-corrected chi connectivity index (χ3v) is 6.84. The SMILES string of the molecule is COCCN1C(=O)c2ccccc2[C@H](C(=O)Nc2cccc(OC)c2)[C@@H]1c1cn(C)c2ccccc12. The van der Waals surface area contributed by atoms with Crippen LogP contribution in [-0.4, -0.2) is 48.7 Å². The van der Waals surface area contributed by atoms with Gasteiger partial charge in [0.2, 0.25) is 5.91 Å². The van der Waals surface area contributed by atoms with Crippen LogP contribution in [0.4, 0.5) is 5.69 Å². The van der Waals surface area contributed by atoms with E-state index in [4.69, 9.17) is 9.47 Å². The van der Waals surface area contributed by atoms with Crippen LogP contribution < -0.4 is 10.1 Å². The number of hydrogen-bond acceptors (Lipinski definition) is 4. The van der Waals surface area contributed by atoms with Crippen LogP contribution in [0.3, 0.4) is 0 Å². The van der Waals surface area contributed by atoms with Crippen molar-refractivity contribution < 1.29 is 19.1 Å². The van der Waals surface area contributed by atoms with Gasteiger partial charge in [-0.25, -0.2) is 0 Å². The number of nitrogens with one attached hydrogen (secondary N) is 1. The molecule has 0 bridgehead atoms. The molecular weight excluding hydrogens is 454 g/mol. The topological polar surface area (TPSA) is 72.8 Å². The van der Waals surface area contributed by atoms with E-state index in [2.05, 4.69) is 5.32 Å². The second-order valence-corrected chi connectivity index (χ2v) is 8.93. The first kappa shape index (κ1) is 23.6. The lowest BCUT2D eigenvalue weighted by Crippen LogP contribution is -2.47. The Hall–Kier alpha value is -4.10. The van der Waals surface area contributed by atoms with Crippen molar-refractivity contribution >= 4 is 28.4 Å². The first-order valence-electron chi connectivity index (χ1n) is 11.9. The minimum absolute atomic E-state index is 0.106. The number of para-hydroxylation sites is 1. The first-order valence-corrected chi connectivity index (χ1v) is 11.9. The molecule has 0 spiro atoms. The van der Waals surface area contributed by atoms with Crippen LogP contribution in [-0.2, 0) is 16.6 Å². The van der Waals surface area contributed by atoms with E-state index in [1.165, 1.54) is 0 Å². The average molecular weight is 484 g/mol. The normalized spacial score (nSPS) is 17.2. The number of anilines is 1. The van der Waals surface area contributed by atoms with Gasteiger partial charge in [0.15, 0.2) is 0 Å². The fraction of sp³-hybridized carbons (Fsp3) is 0.241. The summed E-state index contributed by atoms with van der Waals surface area (Å²) in [5.74, 6) is -0.276. The fourth-order valence-electron chi connectivity index (χ4n) is 5.19. The molecule has 1 aromatic heterocycles. The van der Waals surface area contributed by atoms with Crippen LogP contribution >= 0.6 is 0 Å². The molecule has 2 atom stereocenters. The van der Waals surface area contributed by atoms with Gasteiger partial charge in [-0.2, -0.15) is 0 Å². The predicted molar refractivity (Wildman–Crippen MR) is 139 cm³/mol. The molecule has 1 aliphatic rings. The summed E-state index contributed by atoms with van der Waals surface area (Å²) in [5, 5.41) is 4.09. The summed E-state index contributed by atoms with van der Waals surface area (Å²) in [5.41, 5.74) is 3.86. The van der Waals surface area contributed by atoms with Gasteiger partial charge in [0.25, 0.3) is 5.91 Å². The number of fused-ring (bicyclic) bond motifs is 2. The fourth-order valence-corrected chi connectivity index (χ4v) is 5.19. The third-order valence-electron chi connectivity index (χ3n) is 6.84. The van der Waals surface area contributed by atoms with Crippen molar-refractivity contribution in [1.82, 2.24) is 9.47 Å². The lowest BCUT2D eigenvalue weighted by molar-refractivity contribution is -0.119. The molecule has 0 radical (unpaired) electrons. The molecule has 7 heteroatoms. The minimum Gasteiger partial charge on any atom is -0.497 e. The lowest BCUT2D eigenvalue weighted by Gasteiger charge is -2.41. The van der Waals surface area contributed by atoms with Crippen LogP contribution in [0.25, 0.3) is 10.9 Å². The number of methoxy groups -OCH3 is 2. The number of aryl methyl sites for hydroxylation is 1. The quantitative estimate of drug-likeness (QED) is 0.412. The van der Waals surface area contributed by atoms with Crippen molar-refractivity contribution in [1.29, 1.82) is 0 Å². The number of carbonyl (C=O) groups excluding carboxylic acids is 2. The number of hydrogen-bond donors (Lipinski definition) is 1. The summed E-state index contributed by atoms with van der Waals surface area (Å²) in [4.78, 5) is 29.6. The number of ether oxygens (including phenoxy) is 2. The molecule has 4 aromatic rings. The van der Waals surface area contributed by atoms with E-state index in [-0.39, 0.29) is 11.8 Å². The summed E-state index contributed by atoms with van der Waals surface area (Å²) in [6, 6.07) is 22.2. The monoisotopic (exact) mass is 483 g/mol. The number of rotatable bonds is 7. The van der Waals surface area contributed by atoms with Crippen LogP contribution in [0.5, 0.6) is 5.75 Å². The van der Waals surface area contributed by atoms with E-state index in [0.717, 1.165) is 22.0 Å². The van der Waals surface area contributed by atoms with E-state index in [1.54, 1.807) is 31.3 Å². The molecule has 7 nitrogen and oxygen atoms in total. The Labute approximate surface area is 210 Å². The highest BCUT2D eigenvalue weighted by molar-refractivity contribution is 6.05. The van der Waals surface area contributed by atoms with E-state index in [9.17, 15) is 9.59 Å². The van der Waals surface area contributed by atoms with Crippen molar-refractivity contribution in [2.75, 3.05) is 32.7 Å². The number of aromatic nitrogens is 1. The van der Waals surface area contributed by atoms with Crippen molar-refractivity contribution in [3.05, 3.63) is 95.7 Å². The van der Waals surface area contributed by atoms with E-state index >= 15 is 0 Å². The van der Waals surface area contributed by atoms with Crippen LogP contribution in [0.2, 0.25) is 0 Å². The molecule has 3 aromatic carbocycles. The second-order valence-electron chi connectivity index (χ2n) is 8.93. The van der Waals surface area contributed by atoms with Crippen molar-refractivity contribution in [2.45, 2.75) is 12.0 Å². The highest BCUT2D eigenvalue weighted by Gasteiger charge is 2.45. The van der Waals surface area contributed by atoms with Crippen LogP contribution in [0.15, 0.2) is 79.0 Å². The van der Waals surface area contributed by atoms with Gasteiger partial charge < -0.3 is 24.3 Å². The van der Waals surface area contributed by atoms with Gasteiger partial charge in [0.05, 0.1) is 25.7 Å². The van der Waals surface area contributed by atoms with E-state index in [0.29, 0.717) is 30.2 Å². The third kappa shape index (κ3) is 4.12. The average Bonchev–Trinajstić information content (AvgIpc) is 3.24. The standard InChI is InChI=1S/C29H29N3O4/c1-31-18-24(21-11-6-7-14-25(21)31)27-26(28(33)30-19-9-8-10-20(17-19)36-3)22-12-4-5-13-23(22)29(34)32(27)15-16-35-2/h4-14,17-18,26-27H,15-16H2,1-3H3,(H,30,33)/t26-,27-/m0/s1. The molecule has 2 heterocycles. The van der Waals surface area contributed by atoms with Crippen LogP contribution in [0.1, 0.15) is 33.4 Å². The van der Waals surface area contributed by atoms with Gasteiger partial charge in [0, 0.05) is 60.7 Å². The number of nitrogens with zero attached hydrogens (tertiary/aromatic N) is 2. The molecule has 5 rings (SSSR count). The molecule has 2 amide bonds. The van der Waals surface area contributed by atoms with Gasteiger partial charge >= 0.3 is 0 Å². The zero-order valence-electron chi connectivity index (χ0n) is 20.6. The Kier molecular flexibility index (Phi) is 6.48. The van der Waals surface area contributed by atoms with Crippen LogP contribution in [0, 0.1) is 0 Å². The van der Waals surface area contributed by atoms with Gasteiger partial charge in [-0.05, 0) is 29.8 Å². The van der Waals surface area contributed by atoms with E-state index in [1.807, 2.05) is 78.5 Å². The molecule has 0 aliphatic carbocycles. The van der Waals surface area contributed by atoms with Crippen molar-refractivity contribution in [2.24, 2.45) is 7.05 Å². The number of benzene rings is 3. The zero-order chi connectivity index (χ0) is 25.2. The molecule has 184 valence electrons. The van der Waals surface area contributed by atoms with Crippen molar-refractivity contribution in [3.63, 3.8) is 0 Å². The minimum atomic E-state index is -0.632. The number of carbonyl (C=O) groups is 2. The molecule has 1 N–H and O–H groups in total. The molecule has 36 heavy (non-hydrogen) atoms. The molecule has 0 saturated heterocycles. The van der Waals surface area contributed by atoms with Gasteiger partial charge in [-0.1, -0.05) is 42.5 Å². The Bertz CT molecular complexity index is 1430. The maximum absolute atomic E-state index is 14.1. The second kappa shape index (κ2) is 9.87. The Balaban J connectivity index is 1.68. The molecule has 0 unspecified atom stereocenters. The number of amides is 2. The van der Waals surface area contributed by atoms with Gasteiger partial charge in [0.1, 0.15) is 5.75 Å². The highest BCUT2D eigenvalue weighted by atomic mass is 16.5. The largest absolute Gasteiger partial charge is 0.497 e. The lowest BCUT2D eigenvalue weighted by atomic mass is 9.79. The predicted octanol–water partition coefficient (Wildman–Crippen LogP) is 4.75. The summed E-state index contributed by atoms with van der Waals surface area (Å²) in [6.07, 6.45) is 2.03. The summed E-state index contributed by atoms with van der Waals surface area (Å²) in [6.45, 7) is 0.722. The highest BCUT2D eigenvalue weighted by Crippen LogP contribution is 2.45. The summed E-state index contributed by atoms with van der Waals surface area (Å²) < 4.78 is 12.7. The van der Waals surface area contributed by atoms with Crippen molar-refractivity contribution in [3.8, 4) is 5.75 Å². The summed E-state index contributed by atoms with van der Waals surface area (Å²) in [7, 11) is 5.19. The van der Waals surface area contributed by atoms with E-state index < -0.39 is 12.0 Å².